The first-order chi connectivity index (χ1) is 9.31. The number of rotatable bonds is 3. The van der Waals surface area contributed by atoms with Crippen LogP contribution in [0.15, 0.2) is 42.7 Å². The molecule has 3 heteroatoms. The third kappa shape index (κ3) is 2.13. The summed E-state index contributed by atoms with van der Waals surface area (Å²) in [6, 6.07) is 10.7. The molecule has 2 aromatic heterocycles. The van der Waals surface area contributed by atoms with E-state index in [1.54, 1.807) is 0 Å². The highest BCUT2D eigenvalue weighted by Gasteiger charge is 2.08. The lowest BCUT2D eigenvalue weighted by Crippen LogP contribution is -1.96. The Kier molecular flexibility index (Phi) is 3.05. The average molecular weight is 251 g/mol. The van der Waals surface area contributed by atoms with Gasteiger partial charge in [0.25, 0.3) is 0 Å². The van der Waals surface area contributed by atoms with E-state index >= 15 is 0 Å². The summed E-state index contributed by atoms with van der Waals surface area (Å²) in [6.07, 6.45) is 4.89. The molecular weight excluding hydrogens is 234 g/mol. The fourth-order valence-corrected chi connectivity index (χ4v) is 2.36. The highest BCUT2D eigenvalue weighted by Crippen LogP contribution is 2.28. The number of aryl methyl sites for hydroxylation is 1. The van der Waals surface area contributed by atoms with E-state index in [1.165, 1.54) is 16.7 Å². The maximum atomic E-state index is 5.69. The van der Waals surface area contributed by atoms with Crippen LogP contribution >= 0.6 is 0 Å². The van der Waals surface area contributed by atoms with Gasteiger partial charge in [0, 0.05) is 29.9 Å². The first kappa shape index (κ1) is 11.9. The molecule has 0 unspecified atom stereocenters. The van der Waals surface area contributed by atoms with Crippen LogP contribution in [-0.2, 0) is 13.0 Å². The van der Waals surface area contributed by atoms with Crippen molar-refractivity contribution >= 4 is 11.0 Å². The molecule has 3 aromatic rings. The Labute approximate surface area is 112 Å². The SMILES string of the molecule is CCc1cccc(-c2c[nH]c3ncc(CN)cc23)c1. The highest BCUT2D eigenvalue weighted by molar-refractivity contribution is 5.93. The minimum atomic E-state index is 0.516. The number of pyridine rings is 1. The van der Waals surface area contributed by atoms with Crippen LogP contribution in [0.25, 0.3) is 22.2 Å². The Morgan fingerprint density at radius 2 is 2.11 bits per heavy atom. The monoisotopic (exact) mass is 251 g/mol. The lowest BCUT2D eigenvalue weighted by molar-refractivity contribution is 1.06. The van der Waals surface area contributed by atoms with Crippen LogP contribution in [0.3, 0.4) is 0 Å². The van der Waals surface area contributed by atoms with E-state index in [0.29, 0.717) is 6.54 Å². The van der Waals surface area contributed by atoms with Crippen LogP contribution in [0, 0.1) is 0 Å². The van der Waals surface area contributed by atoms with Gasteiger partial charge in [-0.15, -0.1) is 0 Å². The van der Waals surface area contributed by atoms with Gasteiger partial charge >= 0.3 is 0 Å². The number of hydrogen-bond donors (Lipinski definition) is 2. The highest BCUT2D eigenvalue weighted by atomic mass is 14.8. The van der Waals surface area contributed by atoms with Gasteiger partial charge in [0.15, 0.2) is 0 Å². The zero-order valence-electron chi connectivity index (χ0n) is 11.0. The molecule has 3 nitrogen and oxygen atoms in total. The van der Waals surface area contributed by atoms with Gasteiger partial charge in [-0.25, -0.2) is 4.98 Å². The third-order valence-corrected chi connectivity index (χ3v) is 3.47. The second-order valence-electron chi connectivity index (χ2n) is 4.70. The van der Waals surface area contributed by atoms with Crippen molar-refractivity contribution in [2.45, 2.75) is 19.9 Å². The maximum absolute atomic E-state index is 5.69. The number of H-pyrrole nitrogens is 1. The molecular formula is C16H17N3. The topological polar surface area (TPSA) is 54.7 Å². The van der Waals surface area contributed by atoms with Gasteiger partial charge in [0.1, 0.15) is 5.65 Å². The second-order valence-corrected chi connectivity index (χ2v) is 4.70. The Morgan fingerprint density at radius 1 is 1.21 bits per heavy atom. The number of fused-ring (bicyclic) bond motifs is 1. The van der Waals surface area contributed by atoms with Crippen molar-refractivity contribution in [2.75, 3.05) is 0 Å². The first-order valence-electron chi connectivity index (χ1n) is 6.57. The third-order valence-electron chi connectivity index (χ3n) is 3.47. The van der Waals surface area contributed by atoms with Crippen molar-refractivity contribution in [3.05, 3.63) is 53.9 Å². The molecule has 0 spiro atoms. The summed E-state index contributed by atoms with van der Waals surface area (Å²) < 4.78 is 0. The summed E-state index contributed by atoms with van der Waals surface area (Å²) in [6.45, 7) is 2.69. The molecule has 0 bridgehead atoms. The van der Waals surface area contributed by atoms with Crippen molar-refractivity contribution in [3.63, 3.8) is 0 Å². The van der Waals surface area contributed by atoms with Gasteiger partial charge in [-0.05, 0) is 29.2 Å². The second kappa shape index (κ2) is 4.86. The summed E-state index contributed by atoms with van der Waals surface area (Å²) in [4.78, 5) is 7.63. The van der Waals surface area contributed by atoms with Crippen LogP contribution in [0.2, 0.25) is 0 Å². The smallest absolute Gasteiger partial charge is 0.137 e. The predicted molar refractivity (Wildman–Crippen MR) is 78.8 cm³/mol. The largest absolute Gasteiger partial charge is 0.346 e. The average Bonchev–Trinajstić information content (AvgIpc) is 2.90. The van der Waals surface area contributed by atoms with Crippen molar-refractivity contribution in [3.8, 4) is 11.1 Å². The van der Waals surface area contributed by atoms with Gasteiger partial charge in [-0.3, -0.25) is 0 Å². The lowest BCUT2D eigenvalue weighted by Gasteiger charge is -2.03. The molecule has 0 aliphatic carbocycles. The molecule has 0 aliphatic rings. The quantitative estimate of drug-likeness (QED) is 0.750. The minimum Gasteiger partial charge on any atom is -0.346 e. The molecule has 0 fully saturated rings. The number of aromatic nitrogens is 2. The summed E-state index contributed by atoms with van der Waals surface area (Å²) in [5, 5.41) is 1.14. The Hall–Kier alpha value is -2.13. The van der Waals surface area contributed by atoms with Crippen LogP contribution in [-0.4, -0.2) is 9.97 Å². The number of aromatic amines is 1. The fraction of sp³-hybridized carbons (Fsp3) is 0.188. The minimum absolute atomic E-state index is 0.516. The van der Waals surface area contributed by atoms with Gasteiger partial charge in [-0.1, -0.05) is 31.2 Å². The summed E-state index contributed by atoms with van der Waals surface area (Å²) in [7, 11) is 0. The fourth-order valence-electron chi connectivity index (χ4n) is 2.36. The van der Waals surface area contributed by atoms with E-state index in [1.807, 2.05) is 12.4 Å². The van der Waals surface area contributed by atoms with E-state index in [9.17, 15) is 0 Å². The van der Waals surface area contributed by atoms with E-state index in [0.717, 1.165) is 23.0 Å². The van der Waals surface area contributed by atoms with E-state index in [4.69, 9.17) is 5.73 Å². The van der Waals surface area contributed by atoms with Crippen LogP contribution < -0.4 is 5.73 Å². The molecule has 0 radical (unpaired) electrons. The molecule has 3 N–H and O–H groups in total. The number of nitrogens with zero attached hydrogens (tertiary/aromatic N) is 1. The van der Waals surface area contributed by atoms with Crippen molar-refractivity contribution < 1.29 is 0 Å². The Morgan fingerprint density at radius 3 is 2.89 bits per heavy atom. The van der Waals surface area contributed by atoms with Crippen LogP contribution in [0.1, 0.15) is 18.1 Å². The van der Waals surface area contributed by atoms with Gasteiger partial charge < -0.3 is 10.7 Å². The number of nitrogens with one attached hydrogen (secondary N) is 1. The standard InChI is InChI=1S/C16H17N3/c1-2-11-4-3-5-13(6-11)15-10-19-16-14(15)7-12(8-17)9-18-16/h3-7,9-10H,2,8,17H2,1H3,(H,18,19). The Balaban J connectivity index is 2.18. The zero-order chi connectivity index (χ0) is 13.2. The summed E-state index contributed by atoms with van der Waals surface area (Å²) >= 11 is 0. The summed E-state index contributed by atoms with van der Waals surface area (Å²) in [5.41, 5.74) is 11.4. The van der Waals surface area contributed by atoms with E-state index < -0.39 is 0 Å². The molecule has 3 rings (SSSR count). The van der Waals surface area contributed by atoms with Crippen LogP contribution in [0.4, 0.5) is 0 Å². The predicted octanol–water partition coefficient (Wildman–Crippen LogP) is 3.25. The van der Waals surface area contributed by atoms with E-state index in [2.05, 4.69) is 47.2 Å². The van der Waals surface area contributed by atoms with Crippen molar-refractivity contribution in [2.24, 2.45) is 5.73 Å². The lowest BCUT2D eigenvalue weighted by atomic mass is 10.0. The molecule has 0 amide bonds. The van der Waals surface area contributed by atoms with Crippen molar-refractivity contribution in [1.82, 2.24) is 9.97 Å². The molecule has 96 valence electrons. The van der Waals surface area contributed by atoms with Gasteiger partial charge in [0.05, 0.1) is 0 Å². The van der Waals surface area contributed by atoms with E-state index in [-0.39, 0.29) is 0 Å². The first-order valence-corrected chi connectivity index (χ1v) is 6.57. The number of hydrogen-bond acceptors (Lipinski definition) is 2. The molecule has 1 aromatic carbocycles. The van der Waals surface area contributed by atoms with Crippen LogP contribution in [0.5, 0.6) is 0 Å². The number of benzene rings is 1. The number of nitrogens with two attached hydrogens (primary N) is 1. The maximum Gasteiger partial charge on any atom is 0.137 e. The molecule has 0 saturated carbocycles. The zero-order valence-corrected chi connectivity index (χ0v) is 11.0. The molecule has 2 heterocycles. The molecule has 0 aliphatic heterocycles. The molecule has 0 atom stereocenters. The summed E-state index contributed by atoms with van der Waals surface area (Å²) in [5.74, 6) is 0. The van der Waals surface area contributed by atoms with Gasteiger partial charge in [0.2, 0.25) is 0 Å². The molecule has 19 heavy (non-hydrogen) atoms. The Bertz CT molecular complexity index is 713. The molecule has 0 saturated heterocycles. The normalized spacial score (nSPS) is 11.1. The van der Waals surface area contributed by atoms with Crippen molar-refractivity contribution in [1.29, 1.82) is 0 Å². The van der Waals surface area contributed by atoms with Gasteiger partial charge in [-0.2, -0.15) is 0 Å².